The topological polar surface area (TPSA) is 40.5 Å². The highest BCUT2D eigenvalue weighted by atomic mass is 16.3. The van der Waals surface area contributed by atoms with E-state index in [2.05, 4.69) is 0 Å². The van der Waals surface area contributed by atoms with E-state index in [1.165, 1.54) is 25.7 Å². The normalized spacial score (nSPS) is 15.9. The van der Waals surface area contributed by atoms with Crippen molar-refractivity contribution < 1.29 is 9.90 Å². The molecule has 0 saturated heterocycles. The Kier molecular flexibility index (Phi) is 3.90. The van der Waals surface area contributed by atoms with Gasteiger partial charge in [0.25, 0.3) is 5.91 Å². The Balaban J connectivity index is 2.02. The van der Waals surface area contributed by atoms with E-state index in [0.717, 1.165) is 12.1 Å². The molecule has 18 heavy (non-hydrogen) atoms. The summed E-state index contributed by atoms with van der Waals surface area (Å²) < 4.78 is 0. The molecule has 1 aliphatic carbocycles. The van der Waals surface area contributed by atoms with Crippen LogP contribution >= 0.6 is 0 Å². The first-order chi connectivity index (χ1) is 8.58. The van der Waals surface area contributed by atoms with Gasteiger partial charge in [0.2, 0.25) is 0 Å². The number of amides is 1. The summed E-state index contributed by atoms with van der Waals surface area (Å²) >= 11 is 0. The number of carbonyl (C=O) groups is 1. The highest BCUT2D eigenvalue weighted by Gasteiger charge is 2.20. The quantitative estimate of drug-likeness (QED) is 0.892. The predicted octanol–water partition coefficient (Wildman–Crippen LogP) is 2.96. The number of hydrogen-bond acceptors (Lipinski definition) is 2. The zero-order chi connectivity index (χ0) is 13.1. The van der Waals surface area contributed by atoms with Crippen LogP contribution in [-0.4, -0.2) is 29.5 Å². The SMILES string of the molecule is Cc1ccc(C(=O)N(C)CC2CCCC2)cc1O. The molecule has 3 nitrogen and oxygen atoms in total. The van der Waals surface area contributed by atoms with Crippen LogP contribution < -0.4 is 0 Å². The lowest BCUT2D eigenvalue weighted by Gasteiger charge is -2.21. The second-order valence-corrected chi connectivity index (χ2v) is 5.34. The van der Waals surface area contributed by atoms with Gasteiger partial charge in [-0.1, -0.05) is 18.9 Å². The number of hydrogen-bond donors (Lipinski definition) is 1. The zero-order valence-electron chi connectivity index (χ0n) is 11.1. The highest BCUT2D eigenvalue weighted by Crippen LogP contribution is 2.26. The van der Waals surface area contributed by atoms with Crippen molar-refractivity contribution in [2.24, 2.45) is 5.92 Å². The molecular weight excluding hydrogens is 226 g/mol. The van der Waals surface area contributed by atoms with Gasteiger partial charge in [-0.2, -0.15) is 0 Å². The largest absolute Gasteiger partial charge is 0.508 e. The van der Waals surface area contributed by atoms with Gasteiger partial charge in [-0.05, 0) is 43.4 Å². The van der Waals surface area contributed by atoms with E-state index in [1.807, 2.05) is 14.0 Å². The predicted molar refractivity (Wildman–Crippen MR) is 71.8 cm³/mol. The standard InChI is InChI=1S/C15H21NO2/c1-11-7-8-13(9-14(11)17)15(18)16(2)10-12-5-3-4-6-12/h7-9,12,17H,3-6,10H2,1-2H3. The monoisotopic (exact) mass is 247 g/mol. The number of nitrogens with zero attached hydrogens (tertiary/aromatic N) is 1. The third kappa shape index (κ3) is 2.84. The molecule has 1 fully saturated rings. The molecule has 0 unspecified atom stereocenters. The zero-order valence-corrected chi connectivity index (χ0v) is 11.1. The molecule has 0 radical (unpaired) electrons. The van der Waals surface area contributed by atoms with Crippen molar-refractivity contribution in [3.63, 3.8) is 0 Å². The van der Waals surface area contributed by atoms with Gasteiger partial charge in [-0.15, -0.1) is 0 Å². The third-order valence-corrected chi connectivity index (χ3v) is 3.81. The Labute approximate surface area is 108 Å². The van der Waals surface area contributed by atoms with Crippen LogP contribution in [0.25, 0.3) is 0 Å². The number of phenols is 1. The molecule has 1 aromatic carbocycles. The Bertz CT molecular complexity index is 436. The number of carbonyl (C=O) groups excluding carboxylic acids is 1. The maximum atomic E-state index is 12.2. The lowest BCUT2D eigenvalue weighted by atomic mass is 10.1. The van der Waals surface area contributed by atoms with Crippen molar-refractivity contribution in [3.8, 4) is 5.75 Å². The second-order valence-electron chi connectivity index (χ2n) is 5.34. The molecule has 1 aromatic rings. The Morgan fingerprint density at radius 2 is 2.06 bits per heavy atom. The molecule has 0 spiro atoms. The van der Waals surface area contributed by atoms with Gasteiger partial charge < -0.3 is 10.0 Å². The van der Waals surface area contributed by atoms with Crippen molar-refractivity contribution >= 4 is 5.91 Å². The smallest absolute Gasteiger partial charge is 0.253 e. The van der Waals surface area contributed by atoms with E-state index in [-0.39, 0.29) is 11.7 Å². The van der Waals surface area contributed by atoms with Crippen molar-refractivity contribution in [2.45, 2.75) is 32.6 Å². The number of aromatic hydroxyl groups is 1. The number of aryl methyl sites for hydroxylation is 1. The average Bonchev–Trinajstić information content (AvgIpc) is 2.84. The van der Waals surface area contributed by atoms with Gasteiger partial charge in [-0.3, -0.25) is 4.79 Å². The summed E-state index contributed by atoms with van der Waals surface area (Å²) in [6.07, 6.45) is 5.05. The Hall–Kier alpha value is -1.51. The van der Waals surface area contributed by atoms with Crippen molar-refractivity contribution in [2.75, 3.05) is 13.6 Å². The average molecular weight is 247 g/mol. The molecule has 1 saturated carbocycles. The first-order valence-corrected chi connectivity index (χ1v) is 6.63. The summed E-state index contributed by atoms with van der Waals surface area (Å²) in [5.41, 5.74) is 1.36. The maximum absolute atomic E-state index is 12.2. The maximum Gasteiger partial charge on any atom is 0.253 e. The summed E-state index contributed by atoms with van der Waals surface area (Å²) in [4.78, 5) is 14.0. The van der Waals surface area contributed by atoms with Crippen LogP contribution in [0, 0.1) is 12.8 Å². The van der Waals surface area contributed by atoms with Gasteiger partial charge in [0.05, 0.1) is 0 Å². The minimum absolute atomic E-state index is 0.00259. The van der Waals surface area contributed by atoms with Crippen LogP contribution in [0.1, 0.15) is 41.6 Å². The molecule has 1 aliphatic rings. The fourth-order valence-electron chi connectivity index (χ4n) is 2.63. The van der Waals surface area contributed by atoms with Gasteiger partial charge in [0.15, 0.2) is 0 Å². The van der Waals surface area contributed by atoms with Crippen LogP contribution in [0.4, 0.5) is 0 Å². The Morgan fingerprint density at radius 3 is 2.67 bits per heavy atom. The van der Waals surface area contributed by atoms with Crippen LogP contribution in [0.15, 0.2) is 18.2 Å². The van der Waals surface area contributed by atoms with E-state index < -0.39 is 0 Å². The molecule has 1 N–H and O–H groups in total. The lowest BCUT2D eigenvalue weighted by molar-refractivity contribution is 0.0773. The molecule has 0 atom stereocenters. The van der Waals surface area contributed by atoms with E-state index in [1.54, 1.807) is 23.1 Å². The minimum Gasteiger partial charge on any atom is -0.508 e. The van der Waals surface area contributed by atoms with E-state index in [4.69, 9.17) is 0 Å². The first kappa shape index (κ1) is 12.9. The van der Waals surface area contributed by atoms with E-state index >= 15 is 0 Å². The van der Waals surface area contributed by atoms with Crippen LogP contribution in [0.2, 0.25) is 0 Å². The summed E-state index contributed by atoms with van der Waals surface area (Å²) in [5.74, 6) is 0.838. The van der Waals surface area contributed by atoms with Crippen LogP contribution in [-0.2, 0) is 0 Å². The number of rotatable bonds is 3. The molecule has 3 heteroatoms. The highest BCUT2D eigenvalue weighted by molar-refractivity contribution is 5.94. The van der Waals surface area contributed by atoms with Gasteiger partial charge in [-0.25, -0.2) is 0 Å². The molecule has 2 rings (SSSR count). The minimum atomic E-state index is -0.00259. The molecule has 0 bridgehead atoms. The van der Waals surface area contributed by atoms with E-state index in [0.29, 0.717) is 11.5 Å². The molecule has 0 aromatic heterocycles. The molecule has 1 amide bonds. The van der Waals surface area contributed by atoms with Crippen LogP contribution in [0.3, 0.4) is 0 Å². The summed E-state index contributed by atoms with van der Waals surface area (Å²) in [6, 6.07) is 5.12. The van der Waals surface area contributed by atoms with Crippen molar-refractivity contribution in [3.05, 3.63) is 29.3 Å². The summed E-state index contributed by atoms with van der Waals surface area (Å²) in [6.45, 7) is 2.65. The van der Waals surface area contributed by atoms with Gasteiger partial charge in [0.1, 0.15) is 5.75 Å². The molecule has 0 aliphatic heterocycles. The van der Waals surface area contributed by atoms with Crippen molar-refractivity contribution in [1.82, 2.24) is 4.90 Å². The first-order valence-electron chi connectivity index (χ1n) is 6.63. The fraction of sp³-hybridized carbons (Fsp3) is 0.533. The third-order valence-electron chi connectivity index (χ3n) is 3.81. The van der Waals surface area contributed by atoms with Gasteiger partial charge in [0, 0.05) is 19.2 Å². The Morgan fingerprint density at radius 1 is 1.39 bits per heavy atom. The molecule has 0 heterocycles. The van der Waals surface area contributed by atoms with E-state index in [9.17, 15) is 9.90 Å². The lowest BCUT2D eigenvalue weighted by Crippen LogP contribution is -2.31. The van der Waals surface area contributed by atoms with Gasteiger partial charge >= 0.3 is 0 Å². The summed E-state index contributed by atoms with van der Waals surface area (Å²) in [7, 11) is 1.84. The molecule has 98 valence electrons. The second kappa shape index (κ2) is 5.42. The fourth-order valence-corrected chi connectivity index (χ4v) is 2.63. The van der Waals surface area contributed by atoms with Crippen LogP contribution in [0.5, 0.6) is 5.75 Å². The summed E-state index contributed by atoms with van der Waals surface area (Å²) in [5, 5.41) is 9.64. The number of benzene rings is 1. The van der Waals surface area contributed by atoms with Crippen molar-refractivity contribution in [1.29, 1.82) is 0 Å². The molecular formula is C15H21NO2. The number of phenolic OH excluding ortho intramolecular Hbond substituents is 1.